The molecule has 1 aliphatic heterocycles. The first-order chi connectivity index (χ1) is 11.5. The van der Waals surface area contributed by atoms with Crippen LogP contribution in [-0.4, -0.2) is 19.0 Å². The fraction of sp³-hybridized carbons (Fsp3) is 0.200. The molecule has 0 unspecified atom stereocenters. The summed E-state index contributed by atoms with van der Waals surface area (Å²) < 4.78 is 9.94. The molecule has 10 radical (unpaired) electrons. The minimum Gasteiger partial charge on any atom is -0.386 e. The van der Waals surface area contributed by atoms with Gasteiger partial charge in [0.05, 0.1) is 11.1 Å². The Morgan fingerprint density at radius 1 is 0.840 bits per heavy atom. The summed E-state index contributed by atoms with van der Waals surface area (Å²) in [6, 6.07) is 0. The summed E-state index contributed by atoms with van der Waals surface area (Å²) in [6.45, 7) is 5.35. The number of ether oxygens (including phenoxy) is 2. The molecule has 1 heterocycles. The van der Waals surface area contributed by atoms with Crippen LogP contribution in [0.4, 0.5) is 0 Å². The van der Waals surface area contributed by atoms with Gasteiger partial charge in [0.1, 0.15) is 6.10 Å². The van der Waals surface area contributed by atoms with Crippen LogP contribution in [-0.2, 0) is 36.1 Å². The molecule has 0 N–H and O–H groups in total. The Balaban J connectivity index is 0.000000448. The van der Waals surface area contributed by atoms with E-state index in [1.165, 1.54) is 0 Å². The van der Waals surface area contributed by atoms with Crippen molar-refractivity contribution in [2.24, 2.45) is 0 Å². The zero-order valence-electron chi connectivity index (χ0n) is 14.6. The number of rotatable bonds is 2. The Morgan fingerprint density at radius 2 is 1.36 bits per heavy atom. The molecule has 2 saturated carbocycles. The minimum atomic E-state index is -0.595. The monoisotopic (exact) mass is 380 g/mol. The van der Waals surface area contributed by atoms with Crippen LogP contribution in [0.25, 0.3) is 0 Å². The normalized spacial score (nSPS) is 23.1. The zero-order chi connectivity index (χ0) is 17.7. The van der Waals surface area contributed by atoms with E-state index < -0.39 is 11.9 Å². The largest absolute Gasteiger partial charge is 0.386 e. The average Bonchev–Trinajstić information content (AvgIpc) is 3.28. The van der Waals surface area contributed by atoms with Crippen LogP contribution in [0.3, 0.4) is 0 Å². The van der Waals surface area contributed by atoms with Crippen molar-refractivity contribution in [2.75, 3.05) is 7.11 Å². The van der Waals surface area contributed by atoms with Gasteiger partial charge in [-0.25, -0.2) is 9.59 Å². The van der Waals surface area contributed by atoms with Crippen LogP contribution in [0.2, 0.25) is 0 Å². The van der Waals surface area contributed by atoms with Gasteiger partial charge in [0.2, 0.25) is 0 Å². The second-order valence-electron chi connectivity index (χ2n) is 5.52. The van der Waals surface area contributed by atoms with Gasteiger partial charge in [0.15, 0.2) is 0 Å². The summed E-state index contributed by atoms with van der Waals surface area (Å²) in [4.78, 5) is 23.6. The zero-order valence-corrected chi connectivity index (χ0v) is 15.7. The molecule has 5 heteroatoms. The smallest absolute Gasteiger partial charge is 0.346 e. The number of carbonyl (C=O) groups excluding carboxylic acids is 2. The molecule has 3 aliphatic rings. The summed E-state index contributed by atoms with van der Waals surface area (Å²) >= 11 is 0. The number of hydrogen-bond donors (Lipinski definition) is 0. The van der Waals surface area contributed by atoms with Crippen molar-refractivity contribution in [2.45, 2.75) is 20.8 Å². The molecule has 0 aromatic rings. The summed E-state index contributed by atoms with van der Waals surface area (Å²) in [7, 11) is 1.57. The van der Waals surface area contributed by atoms with E-state index in [4.69, 9.17) is 9.47 Å². The molecule has 4 nitrogen and oxygen atoms in total. The van der Waals surface area contributed by atoms with Crippen molar-refractivity contribution in [3.63, 3.8) is 0 Å². The van der Waals surface area contributed by atoms with Gasteiger partial charge in [-0.2, -0.15) is 0 Å². The first-order valence-electron chi connectivity index (χ1n) is 7.59. The predicted octanol–water partition coefficient (Wildman–Crippen LogP) is 3.12. The minimum absolute atomic E-state index is 0. The maximum absolute atomic E-state index is 11.9. The molecular formula is C20H20FeO4. The van der Waals surface area contributed by atoms with Gasteiger partial charge in [-0.1, -0.05) is 5.57 Å². The quantitative estimate of drug-likeness (QED) is 0.320. The van der Waals surface area contributed by atoms with E-state index in [1.807, 2.05) is 51.4 Å². The molecule has 25 heavy (non-hydrogen) atoms. The first kappa shape index (κ1) is 22.1. The predicted molar refractivity (Wildman–Crippen MR) is 90.1 cm³/mol. The summed E-state index contributed by atoms with van der Waals surface area (Å²) in [6.07, 6.45) is 16.2. The second kappa shape index (κ2) is 10.3. The molecular weight excluding hydrogens is 360 g/mol. The van der Waals surface area contributed by atoms with Gasteiger partial charge in [-0.05, 0) is 71.3 Å². The van der Waals surface area contributed by atoms with Crippen LogP contribution >= 0.6 is 0 Å². The Kier molecular flexibility index (Phi) is 9.12. The molecule has 2 aliphatic carbocycles. The molecule has 0 amide bonds. The standard InChI is InChI=1S/C15H15O4.C5H5.Fe/c1-8(2)12-13(15(17)19-14(12)16)9(3)10-6-5-7-11(10)18-4;1-2-4-5-3-1;/h5-7H,1-4H3;1-5H;/b13-9-;;. The van der Waals surface area contributed by atoms with Gasteiger partial charge < -0.3 is 9.47 Å². The molecule has 0 aromatic carbocycles. The molecule has 0 atom stereocenters. The van der Waals surface area contributed by atoms with E-state index in [1.54, 1.807) is 27.9 Å². The number of esters is 2. The van der Waals surface area contributed by atoms with Crippen LogP contribution in [0, 0.1) is 63.4 Å². The summed E-state index contributed by atoms with van der Waals surface area (Å²) in [5, 5.41) is 0. The van der Waals surface area contributed by atoms with Gasteiger partial charge in [0.25, 0.3) is 0 Å². The van der Waals surface area contributed by atoms with Crippen molar-refractivity contribution in [1.82, 2.24) is 0 Å². The third kappa shape index (κ3) is 5.29. The summed E-state index contributed by atoms with van der Waals surface area (Å²) in [5.41, 5.74) is 2.13. The SMILES string of the molecule is CO[C]1[CH][CH][CH][C]1/C(C)=C1\C(=O)OC(=O)C1=C(C)C.[CH]1[CH][CH][CH][CH]1.[Fe]. The fourth-order valence-electron chi connectivity index (χ4n) is 2.53. The van der Waals surface area contributed by atoms with E-state index in [9.17, 15) is 9.59 Å². The molecule has 0 spiro atoms. The maximum atomic E-state index is 11.9. The number of cyclic esters (lactones) is 2. The van der Waals surface area contributed by atoms with E-state index in [0.717, 1.165) is 11.5 Å². The van der Waals surface area contributed by atoms with Crippen molar-refractivity contribution in [1.29, 1.82) is 0 Å². The van der Waals surface area contributed by atoms with Crippen LogP contribution < -0.4 is 0 Å². The average molecular weight is 380 g/mol. The van der Waals surface area contributed by atoms with Crippen LogP contribution in [0.5, 0.6) is 0 Å². The molecule has 1 saturated heterocycles. The van der Waals surface area contributed by atoms with Crippen molar-refractivity contribution in [3.8, 4) is 0 Å². The van der Waals surface area contributed by atoms with Gasteiger partial charge in [0, 0.05) is 36.5 Å². The molecule has 0 bridgehead atoms. The Hall–Kier alpha value is -0.901. The van der Waals surface area contributed by atoms with Crippen molar-refractivity contribution in [3.05, 3.63) is 85.7 Å². The third-order valence-corrected chi connectivity index (χ3v) is 3.67. The molecule has 3 rings (SSSR count). The summed E-state index contributed by atoms with van der Waals surface area (Å²) in [5.74, 6) is -0.380. The van der Waals surface area contributed by atoms with E-state index in [2.05, 4.69) is 0 Å². The number of hydrogen-bond acceptors (Lipinski definition) is 4. The Labute approximate surface area is 161 Å². The Morgan fingerprint density at radius 3 is 1.84 bits per heavy atom. The van der Waals surface area contributed by atoms with Gasteiger partial charge in [-0.15, -0.1) is 0 Å². The fourth-order valence-corrected chi connectivity index (χ4v) is 2.53. The van der Waals surface area contributed by atoms with E-state index in [0.29, 0.717) is 22.8 Å². The topological polar surface area (TPSA) is 52.6 Å². The first-order valence-corrected chi connectivity index (χ1v) is 7.59. The van der Waals surface area contributed by atoms with E-state index in [-0.39, 0.29) is 17.1 Å². The molecule has 132 valence electrons. The van der Waals surface area contributed by atoms with Crippen molar-refractivity contribution < 1.29 is 36.1 Å². The Bertz CT molecular complexity index is 546. The second-order valence-corrected chi connectivity index (χ2v) is 5.52. The molecule has 3 fully saturated rings. The van der Waals surface area contributed by atoms with E-state index >= 15 is 0 Å². The number of allylic oxidation sites excluding steroid dienone is 1. The van der Waals surface area contributed by atoms with Gasteiger partial charge >= 0.3 is 11.9 Å². The number of methoxy groups -OCH3 is 1. The maximum Gasteiger partial charge on any atom is 0.346 e. The van der Waals surface area contributed by atoms with Crippen molar-refractivity contribution >= 4 is 11.9 Å². The third-order valence-electron chi connectivity index (χ3n) is 3.67. The molecule has 0 aromatic heterocycles. The van der Waals surface area contributed by atoms with Crippen LogP contribution in [0.15, 0.2) is 22.3 Å². The van der Waals surface area contributed by atoms with Crippen LogP contribution in [0.1, 0.15) is 20.8 Å². The van der Waals surface area contributed by atoms with Gasteiger partial charge in [-0.3, -0.25) is 0 Å². The number of carbonyl (C=O) groups is 2.